The lowest BCUT2D eigenvalue weighted by molar-refractivity contribution is 0.122. The first-order chi connectivity index (χ1) is 27.9. The smallest absolute Gasteiger partial charge is 0.125 e. The number of hydrogen-bond donors (Lipinski definition) is 0. The normalized spacial score (nSPS) is 14.4. The largest absolute Gasteiger partial charge is 0.378 e. The predicted molar refractivity (Wildman–Crippen MR) is 228 cm³/mol. The average molecular weight is 789 g/mol. The van der Waals surface area contributed by atoms with E-state index in [4.69, 9.17) is 26.6 Å². The van der Waals surface area contributed by atoms with Gasteiger partial charge in [-0.05, 0) is 91.2 Å². The van der Waals surface area contributed by atoms with Crippen molar-refractivity contribution in [1.29, 1.82) is 10.5 Å². The Morgan fingerprint density at radius 3 is 1.88 bits per heavy atom. The van der Waals surface area contributed by atoms with E-state index in [1.807, 2.05) is 37.3 Å². The van der Waals surface area contributed by atoms with Crippen molar-refractivity contribution in [3.05, 3.63) is 148 Å². The Balaban J connectivity index is 0.000000189. The summed E-state index contributed by atoms with van der Waals surface area (Å²) >= 11 is 6.38. The molecule has 7 nitrogen and oxygen atoms in total. The summed E-state index contributed by atoms with van der Waals surface area (Å²) in [5.74, 6) is -0.671. The highest BCUT2D eigenvalue weighted by Crippen LogP contribution is 2.49. The van der Waals surface area contributed by atoms with Gasteiger partial charge in [-0.3, -0.25) is 0 Å². The molecule has 0 atom stereocenters. The van der Waals surface area contributed by atoms with Gasteiger partial charge in [0.05, 0.1) is 69.6 Å². The number of hydrogen-bond acceptors (Lipinski definition) is 7. The van der Waals surface area contributed by atoms with Crippen molar-refractivity contribution in [3.8, 4) is 34.7 Å². The third-order valence-corrected chi connectivity index (χ3v) is 11.5. The van der Waals surface area contributed by atoms with E-state index in [-0.39, 0.29) is 17.0 Å². The van der Waals surface area contributed by atoms with Crippen LogP contribution in [0.3, 0.4) is 0 Å². The molecule has 9 rings (SSSR count). The van der Waals surface area contributed by atoms with Crippen LogP contribution in [0.15, 0.2) is 103 Å². The fourth-order valence-electron chi connectivity index (χ4n) is 8.09. The van der Waals surface area contributed by atoms with Gasteiger partial charge in [0, 0.05) is 70.5 Å². The second-order valence-corrected chi connectivity index (χ2v) is 15.7. The fraction of sp³-hybridized carbons (Fsp3) is 0.208. The molecule has 58 heavy (non-hydrogen) atoms. The molecule has 0 saturated carbocycles. The minimum atomic E-state index is -0.355. The van der Waals surface area contributed by atoms with Crippen LogP contribution in [0.25, 0.3) is 44.3 Å². The minimum absolute atomic E-state index is 0.0676. The van der Waals surface area contributed by atoms with Crippen molar-refractivity contribution in [1.82, 2.24) is 9.97 Å². The molecule has 0 N–H and O–H groups in total. The number of pyridine rings is 2. The van der Waals surface area contributed by atoms with Gasteiger partial charge in [-0.15, -0.1) is 0 Å². The Labute approximate surface area is 341 Å². The number of rotatable bonds is 4. The van der Waals surface area contributed by atoms with Gasteiger partial charge >= 0.3 is 0 Å². The maximum absolute atomic E-state index is 14.4. The van der Waals surface area contributed by atoms with Crippen molar-refractivity contribution in [3.63, 3.8) is 0 Å². The van der Waals surface area contributed by atoms with E-state index in [1.165, 1.54) is 41.2 Å². The molecule has 0 spiro atoms. The lowest BCUT2D eigenvalue weighted by Gasteiger charge is -2.30. The molecule has 4 heterocycles. The number of morpholine rings is 1. The van der Waals surface area contributed by atoms with Crippen molar-refractivity contribution < 1.29 is 13.5 Å². The molecule has 0 amide bonds. The zero-order valence-corrected chi connectivity index (χ0v) is 33.3. The summed E-state index contributed by atoms with van der Waals surface area (Å²) in [6.45, 7) is 12.5. The fourth-order valence-corrected chi connectivity index (χ4v) is 8.34. The van der Waals surface area contributed by atoms with E-state index in [0.29, 0.717) is 32.9 Å². The lowest BCUT2D eigenvalue weighted by atomic mass is 9.87. The van der Waals surface area contributed by atoms with Gasteiger partial charge in [0.25, 0.3) is 0 Å². The maximum atomic E-state index is 14.4. The van der Waals surface area contributed by atoms with Crippen LogP contribution in [-0.4, -0.2) is 42.8 Å². The summed E-state index contributed by atoms with van der Waals surface area (Å²) in [6.07, 6.45) is 0. The Hall–Kier alpha value is -6.39. The van der Waals surface area contributed by atoms with Gasteiger partial charge in [-0.1, -0.05) is 55.8 Å². The molecule has 5 aromatic carbocycles. The molecule has 2 aromatic heterocycles. The zero-order chi connectivity index (χ0) is 40.7. The predicted octanol–water partition coefficient (Wildman–Crippen LogP) is 11.4. The highest BCUT2D eigenvalue weighted by Gasteiger charge is 2.38. The number of nitrogens with zero attached hydrogens (tertiary/aromatic N) is 6. The highest BCUT2D eigenvalue weighted by molar-refractivity contribution is 6.36. The third-order valence-electron chi connectivity index (χ3n) is 11.0. The SMILES string of the molecule is Cc1c(-c2cccc(C#N)c2)nc2cc(F)ccc2c1Cl.Cc1c(-c2cccc(C#N)c2)nc2cc(F)ccc2c1N1CC(C)(C)c2ccc(N3CCOCC3)cc21. The molecule has 10 heteroatoms. The molecular weight excluding hydrogens is 750 g/mol. The van der Waals surface area contributed by atoms with Gasteiger partial charge in [0.2, 0.25) is 0 Å². The molecule has 2 aliphatic heterocycles. The van der Waals surface area contributed by atoms with Crippen LogP contribution < -0.4 is 9.80 Å². The van der Waals surface area contributed by atoms with Crippen LogP contribution in [0, 0.1) is 48.1 Å². The molecule has 2 aliphatic rings. The van der Waals surface area contributed by atoms with E-state index < -0.39 is 0 Å². The van der Waals surface area contributed by atoms with Crippen molar-refractivity contribution >= 4 is 50.5 Å². The monoisotopic (exact) mass is 788 g/mol. The molecule has 0 radical (unpaired) electrons. The number of halogens is 3. The summed E-state index contributed by atoms with van der Waals surface area (Å²) in [6, 6.07) is 34.9. The number of ether oxygens (including phenoxy) is 1. The molecule has 0 aliphatic carbocycles. The first-order valence-electron chi connectivity index (χ1n) is 19.1. The van der Waals surface area contributed by atoms with Crippen LogP contribution in [0.5, 0.6) is 0 Å². The van der Waals surface area contributed by atoms with Gasteiger partial charge in [-0.2, -0.15) is 10.5 Å². The number of fused-ring (bicyclic) bond motifs is 3. The van der Waals surface area contributed by atoms with Crippen LogP contribution in [0.4, 0.5) is 25.8 Å². The topological polar surface area (TPSA) is 89.1 Å². The van der Waals surface area contributed by atoms with Crippen LogP contribution in [-0.2, 0) is 10.2 Å². The van der Waals surface area contributed by atoms with E-state index in [2.05, 4.69) is 65.9 Å². The standard InChI is InChI=1S/C31H29FN4O.C17H10ClFN2/c1-20-29(22-6-4-5-21(15-22)18-33)34-27-16-23(32)7-9-25(27)30(20)36-19-31(2,3)26-10-8-24(17-28(26)36)35-11-13-37-14-12-35;1-10-16(18)14-6-5-13(19)8-15(14)21-17(10)12-4-2-3-11(7-12)9-20/h4-10,15-17H,11-14,19H2,1-3H3;2-8H,1H3. The van der Waals surface area contributed by atoms with Gasteiger partial charge in [0.1, 0.15) is 11.6 Å². The zero-order valence-electron chi connectivity index (χ0n) is 32.6. The molecule has 1 fully saturated rings. The summed E-state index contributed by atoms with van der Waals surface area (Å²) in [5, 5.41) is 20.7. The molecular formula is C48H39ClF2N6O. The minimum Gasteiger partial charge on any atom is -0.378 e. The van der Waals surface area contributed by atoms with Crippen molar-refractivity contribution in [2.24, 2.45) is 0 Å². The Morgan fingerprint density at radius 1 is 0.707 bits per heavy atom. The molecule has 0 unspecified atom stereocenters. The maximum Gasteiger partial charge on any atom is 0.125 e. The summed E-state index contributed by atoms with van der Waals surface area (Å²) < 4.78 is 33.4. The van der Waals surface area contributed by atoms with Gasteiger partial charge in [0.15, 0.2) is 0 Å². The average Bonchev–Trinajstić information content (AvgIpc) is 3.51. The summed E-state index contributed by atoms with van der Waals surface area (Å²) in [4.78, 5) is 14.2. The third kappa shape index (κ3) is 7.20. The Kier molecular flexibility index (Phi) is 10.3. The number of benzene rings is 5. The van der Waals surface area contributed by atoms with E-state index in [0.717, 1.165) is 77.3 Å². The molecule has 0 bridgehead atoms. The van der Waals surface area contributed by atoms with E-state index >= 15 is 0 Å². The van der Waals surface area contributed by atoms with E-state index in [9.17, 15) is 14.0 Å². The second kappa shape index (κ2) is 15.5. The first kappa shape index (κ1) is 38.5. The van der Waals surface area contributed by atoms with Gasteiger partial charge < -0.3 is 14.5 Å². The number of anilines is 3. The second-order valence-electron chi connectivity index (χ2n) is 15.3. The van der Waals surface area contributed by atoms with Crippen molar-refractivity contribution in [2.45, 2.75) is 33.1 Å². The molecule has 1 saturated heterocycles. The Morgan fingerprint density at radius 2 is 1.28 bits per heavy atom. The van der Waals surface area contributed by atoms with Crippen LogP contribution >= 0.6 is 11.6 Å². The lowest BCUT2D eigenvalue weighted by Crippen LogP contribution is -2.36. The first-order valence-corrected chi connectivity index (χ1v) is 19.4. The Bertz CT molecular complexity index is 2840. The summed E-state index contributed by atoms with van der Waals surface area (Å²) in [5.41, 5.74) is 11.7. The molecule has 7 aromatic rings. The summed E-state index contributed by atoms with van der Waals surface area (Å²) in [7, 11) is 0. The highest BCUT2D eigenvalue weighted by atomic mass is 35.5. The van der Waals surface area contributed by atoms with Crippen LogP contribution in [0.1, 0.15) is 41.7 Å². The number of nitriles is 2. The number of aromatic nitrogens is 2. The van der Waals surface area contributed by atoms with E-state index in [1.54, 1.807) is 30.3 Å². The van der Waals surface area contributed by atoms with Crippen LogP contribution in [0.2, 0.25) is 5.02 Å². The van der Waals surface area contributed by atoms with Crippen molar-refractivity contribution in [2.75, 3.05) is 42.6 Å². The molecule has 288 valence electrons. The van der Waals surface area contributed by atoms with Gasteiger partial charge in [-0.25, -0.2) is 18.7 Å². The quantitative estimate of drug-likeness (QED) is 0.175.